The molecule has 0 radical (unpaired) electrons. The zero-order chi connectivity index (χ0) is 13.8. The van der Waals surface area contributed by atoms with E-state index in [1.165, 1.54) is 30.3 Å². The molecule has 0 spiro atoms. The third kappa shape index (κ3) is 3.16. The van der Waals surface area contributed by atoms with Crippen molar-refractivity contribution in [2.75, 3.05) is 5.32 Å². The van der Waals surface area contributed by atoms with E-state index in [0.29, 0.717) is 11.3 Å². The molecule has 5 nitrogen and oxygen atoms in total. The number of anilines is 1. The van der Waals surface area contributed by atoms with Crippen molar-refractivity contribution >= 4 is 11.7 Å². The maximum Gasteiger partial charge on any atom is 0.335 e. The zero-order valence-corrected chi connectivity index (χ0v) is 10.00. The van der Waals surface area contributed by atoms with Crippen LogP contribution in [0.25, 0.3) is 0 Å². The molecule has 0 saturated carbocycles. The van der Waals surface area contributed by atoms with Gasteiger partial charge in [-0.2, -0.15) is 0 Å². The van der Waals surface area contributed by atoms with Gasteiger partial charge in [-0.05, 0) is 36.4 Å². The molecule has 0 aliphatic heterocycles. The summed E-state index contributed by atoms with van der Waals surface area (Å²) in [5, 5.41) is 30.8. The number of hydrogen-bond acceptors (Lipinski definition) is 4. The molecule has 2 aromatic carbocycles. The lowest BCUT2D eigenvalue weighted by molar-refractivity contribution is 0.0697. The number of benzene rings is 2. The zero-order valence-electron chi connectivity index (χ0n) is 10.00. The lowest BCUT2D eigenvalue weighted by atomic mass is 10.1. The molecular formula is C14H13NO4. The number of rotatable bonds is 4. The predicted octanol–water partition coefficient (Wildman–Crippen LogP) is 2.41. The van der Waals surface area contributed by atoms with Gasteiger partial charge >= 0.3 is 5.97 Å². The van der Waals surface area contributed by atoms with Crippen molar-refractivity contribution in [1.82, 2.24) is 0 Å². The molecule has 98 valence electrons. The Morgan fingerprint density at radius 1 is 1.11 bits per heavy atom. The molecule has 0 unspecified atom stereocenters. The molecule has 0 saturated heterocycles. The summed E-state index contributed by atoms with van der Waals surface area (Å²) in [6.45, 7) is 0.281. The summed E-state index contributed by atoms with van der Waals surface area (Å²) in [6.07, 6.45) is 0. The fourth-order valence-electron chi connectivity index (χ4n) is 1.67. The van der Waals surface area contributed by atoms with E-state index in [-0.39, 0.29) is 23.6 Å². The Morgan fingerprint density at radius 3 is 2.63 bits per heavy atom. The number of aromatic carboxylic acids is 1. The third-order valence-corrected chi connectivity index (χ3v) is 2.66. The number of phenolic OH excluding ortho intramolecular Hbond substituents is 2. The molecule has 0 aromatic heterocycles. The Bertz CT molecular complexity index is 610. The van der Waals surface area contributed by atoms with Crippen LogP contribution in [0.4, 0.5) is 5.69 Å². The maximum atomic E-state index is 10.8. The lowest BCUT2D eigenvalue weighted by Crippen LogP contribution is -2.02. The van der Waals surface area contributed by atoms with Crippen LogP contribution in [-0.2, 0) is 6.54 Å². The smallest absolute Gasteiger partial charge is 0.335 e. The fourth-order valence-corrected chi connectivity index (χ4v) is 1.67. The van der Waals surface area contributed by atoms with Gasteiger partial charge in [0.25, 0.3) is 0 Å². The summed E-state index contributed by atoms with van der Waals surface area (Å²) < 4.78 is 0. The molecule has 19 heavy (non-hydrogen) atoms. The number of nitrogens with one attached hydrogen (secondary N) is 1. The van der Waals surface area contributed by atoms with E-state index >= 15 is 0 Å². The minimum atomic E-state index is -0.996. The number of phenols is 2. The second kappa shape index (κ2) is 5.30. The van der Waals surface area contributed by atoms with E-state index in [9.17, 15) is 15.0 Å². The number of aromatic hydroxyl groups is 2. The normalized spacial score (nSPS) is 10.1. The minimum absolute atomic E-state index is 0.0638. The van der Waals surface area contributed by atoms with Crippen LogP contribution in [0.3, 0.4) is 0 Å². The molecular weight excluding hydrogens is 246 g/mol. The van der Waals surface area contributed by atoms with E-state index in [1.807, 2.05) is 0 Å². The van der Waals surface area contributed by atoms with Gasteiger partial charge in [0.15, 0.2) is 0 Å². The van der Waals surface area contributed by atoms with Gasteiger partial charge in [0.2, 0.25) is 0 Å². The molecule has 0 atom stereocenters. The Kier molecular flexibility index (Phi) is 3.56. The minimum Gasteiger partial charge on any atom is -0.508 e. The van der Waals surface area contributed by atoms with Crippen molar-refractivity contribution in [2.24, 2.45) is 0 Å². The van der Waals surface area contributed by atoms with Gasteiger partial charge in [0.05, 0.1) is 5.56 Å². The molecule has 5 heteroatoms. The number of carboxylic acids is 1. The van der Waals surface area contributed by atoms with Gasteiger partial charge in [0.1, 0.15) is 11.5 Å². The van der Waals surface area contributed by atoms with Crippen LogP contribution in [0.15, 0.2) is 42.5 Å². The molecule has 2 aromatic rings. The van der Waals surface area contributed by atoms with Gasteiger partial charge in [-0.25, -0.2) is 4.79 Å². The molecule has 0 aliphatic rings. The second-order valence-corrected chi connectivity index (χ2v) is 4.05. The van der Waals surface area contributed by atoms with Crippen molar-refractivity contribution in [3.63, 3.8) is 0 Å². The van der Waals surface area contributed by atoms with E-state index in [0.717, 1.165) is 0 Å². The van der Waals surface area contributed by atoms with E-state index in [4.69, 9.17) is 5.11 Å². The fraction of sp³-hybridized carbons (Fsp3) is 0.0714. The standard InChI is InChI=1S/C14H13NO4/c16-12-4-5-13(17)10(7-12)8-15-11-3-1-2-9(6-11)14(18)19/h1-7,15-17H,8H2,(H,18,19). The Balaban J connectivity index is 2.12. The summed E-state index contributed by atoms with van der Waals surface area (Å²) in [5.74, 6) is -0.863. The summed E-state index contributed by atoms with van der Waals surface area (Å²) >= 11 is 0. The van der Waals surface area contributed by atoms with Crippen molar-refractivity contribution in [2.45, 2.75) is 6.54 Å². The van der Waals surface area contributed by atoms with Crippen LogP contribution < -0.4 is 5.32 Å². The molecule has 0 bridgehead atoms. The maximum absolute atomic E-state index is 10.8. The Hall–Kier alpha value is -2.69. The number of hydrogen-bond donors (Lipinski definition) is 4. The van der Waals surface area contributed by atoms with Gasteiger partial charge in [0, 0.05) is 17.8 Å². The Morgan fingerprint density at radius 2 is 1.89 bits per heavy atom. The molecule has 4 N–H and O–H groups in total. The van der Waals surface area contributed by atoms with Crippen LogP contribution in [0, 0.1) is 0 Å². The topological polar surface area (TPSA) is 89.8 Å². The highest BCUT2D eigenvalue weighted by atomic mass is 16.4. The number of carbonyl (C=O) groups is 1. The monoisotopic (exact) mass is 259 g/mol. The van der Waals surface area contributed by atoms with E-state index in [1.54, 1.807) is 12.1 Å². The summed E-state index contributed by atoms with van der Waals surface area (Å²) in [4.78, 5) is 10.8. The van der Waals surface area contributed by atoms with Crippen molar-refractivity contribution in [3.8, 4) is 11.5 Å². The average molecular weight is 259 g/mol. The first-order valence-electron chi connectivity index (χ1n) is 5.64. The van der Waals surface area contributed by atoms with Crippen LogP contribution in [0.1, 0.15) is 15.9 Å². The third-order valence-electron chi connectivity index (χ3n) is 2.66. The summed E-state index contributed by atoms with van der Waals surface area (Å²) in [6, 6.07) is 10.6. The first-order valence-corrected chi connectivity index (χ1v) is 5.64. The molecule has 2 rings (SSSR count). The van der Waals surface area contributed by atoms with Crippen LogP contribution >= 0.6 is 0 Å². The molecule has 0 fully saturated rings. The summed E-state index contributed by atoms with van der Waals surface area (Å²) in [5.41, 5.74) is 1.34. The summed E-state index contributed by atoms with van der Waals surface area (Å²) in [7, 11) is 0. The van der Waals surface area contributed by atoms with E-state index < -0.39 is 5.97 Å². The first kappa shape index (κ1) is 12.8. The number of carboxylic acid groups (broad SMARTS) is 1. The second-order valence-electron chi connectivity index (χ2n) is 4.05. The Labute approximate surface area is 109 Å². The molecule has 0 amide bonds. The highest BCUT2D eigenvalue weighted by Crippen LogP contribution is 2.23. The highest BCUT2D eigenvalue weighted by molar-refractivity contribution is 5.88. The quantitative estimate of drug-likeness (QED) is 0.633. The van der Waals surface area contributed by atoms with Gasteiger partial charge in [-0.3, -0.25) is 0 Å². The van der Waals surface area contributed by atoms with Gasteiger partial charge in [-0.15, -0.1) is 0 Å². The van der Waals surface area contributed by atoms with Crippen molar-refractivity contribution in [3.05, 3.63) is 53.6 Å². The highest BCUT2D eigenvalue weighted by Gasteiger charge is 2.05. The predicted molar refractivity (Wildman–Crippen MR) is 70.5 cm³/mol. The van der Waals surface area contributed by atoms with Crippen molar-refractivity contribution in [1.29, 1.82) is 0 Å². The van der Waals surface area contributed by atoms with Gasteiger partial charge in [-0.1, -0.05) is 6.07 Å². The molecule has 0 aliphatic carbocycles. The average Bonchev–Trinajstić information content (AvgIpc) is 2.40. The van der Waals surface area contributed by atoms with Gasteiger partial charge < -0.3 is 20.6 Å². The SMILES string of the molecule is O=C(O)c1cccc(NCc2cc(O)ccc2O)c1. The largest absolute Gasteiger partial charge is 0.508 e. The molecule has 0 heterocycles. The van der Waals surface area contributed by atoms with Crippen LogP contribution in [0.2, 0.25) is 0 Å². The lowest BCUT2D eigenvalue weighted by Gasteiger charge is -2.09. The first-order chi connectivity index (χ1) is 9.06. The van der Waals surface area contributed by atoms with Crippen LogP contribution in [-0.4, -0.2) is 21.3 Å². The van der Waals surface area contributed by atoms with Crippen molar-refractivity contribution < 1.29 is 20.1 Å². The van der Waals surface area contributed by atoms with Crippen LogP contribution in [0.5, 0.6) is 11.5 Å². The van der Waals surface area contributed by atoms with E-state index in [2.05, 4.69) is 5.32 Å².